The summed E-state index contributed by atoms with van der Waals surface area (Å²) >= 11 is 5.93. The van der Waals surface area contributed by atoms with Crippen molar-refractivity contribution in [2.75, 3.05) is 32.2 Å². The molecule has 17 heavy (non-hydrogen) atoms. The zero-order chi connectivity index (χ0) is 12.8. The molecule has 0 aromatic heterocycles. The number of methoxy groups -OCH3 is 1. The van der Waals surface area contributed by atoms with E-state index in [4.69, 9.17) is 21.6 Å². The maximum absolute atomic E-state index is 9.63. The third kappa shape index (κ3) is 3.60. The highest BCUT2D eigenvalue weighted by molar-refractivity contribution is 6.32. The summed E-state index contributed by atoms with van der Waals surface area (Å²) in [6.07, 6.45) is -0.601. The molecule has 0 heterocycles. The topological polar surface area (TPSA) is 56.5 Å². The molecule has 0 radical (unpaired) electrons. The molecule has 0 amide bonds. The summed E-state index contributed by atoms with van der Waals surface area (Å²) in [7, 11) is 3.33. The van der Waals surface area contributed by atoms with Crippen LogP contribution in [0.15, 0.2) is 18.2 Å². The van der Waals surface area contributed by atoms with Crippen LogP contribution < -0.4 is 4.90 Å². The molecule has 0 aliphatic heterocycles. The van der Waals surface area contributed by atoms with Crippen molar-refractivity contribution >= 4 is 17.3 Å². The van der Waals surface area contributed by atoms with Gasteiger partial charge in [-0.1, -0.05) is 17.7 Å². The monoisotopic (exact) mass is 254 g/mol. The Kier molecular flexibility index (Phi) is 5.23. The molecule has 0 spiro atoms. The van der Waals surface area contributed by atoms with Gasteiger partial charge in [0.05, 0.1) is 29.0 Å². The SMILES string of the molecule is COCC(O)CN(C)c1cccc(Cl)c1C#N. The van der Waals surface area contributed by atoms with Gasteiger partial charge in [0.1, 0.15) is 6.07 Å². The van der Waals surface area contributed by atoms with Gasteiger partial charge in [0.15, 0.2) is 0 Å². The van der Waals surface area contributed by atoms with Crippen molar-refractivity contribution in [3.63, 3.8) is 0 Å². The fourth-order valence-electron chi connectivity index (χ4n) is 1.60. The van der Waals surface area contributed by atoms with Gasteiger partial charge in [-0.15, -0.1) is 0 Å². The Labute approximate surface area is 106 Å². The minimum atomic E-state index is -0.601. The number of halogens is 1. The van der Waals surface area contributed by atoms with Crippen molar-refractivity contribution in [1.82, 2.24) is 0 Å². The minimum Gasteiger partial charge on any atom is -0.389 e. The first kappa shape index (κ1) is 13.8. The Hall–Kier alpha value is -1.28. The van der Waals surface area contributed by atoms with Crippen LogP contribution in [0.25, 0.3) is 0 Å². The van der Waals surface area contributed by atoms with Crippen LogP contribution >= 0.6 is 11.6 Å². The lowest BCUT2D eigenvalue weighted by molar-refractivity contribution is 0.0695. The van der Waals surface area contributed by atoms with Crippen LogP contribution in [0, 0.1) is 11.3 Å². The Bertz CT molecular complexity index is 417. The van der Waals surface area contributed by atoms with Crippen molar-refractivity contribution in [1.29, 1.82) is 5.26 Å². The number of aliphatic hydroxyl groups is 1. The number of ether oxygens (including phenoxy) is 1. The number of aliphatic hydroxyl groups excluding tert-OH is 1. The van der Waals surface area contributed by atoms with Gasteiger partial charge in [-0.25, -0.2) is 0 Å². The molecule has 1 N–H and O–H groups in total. The normalized spacial score (nSPS) is 11.9. The average Bonchev–Trinajstić information content (AvgIpc) is 2.28. The lowest BCUT2D eigenvalue weighted by Gasteiger charge is -2.23. The van der Waals surface area contributed by atoms with Gasteiger partial charge >= 0.3 is 0 Å². The van der Waals surface area contributed by atoms with Crippen molar-refractivity contribution in [3.8, 4) is 6.07 Å². The predicted octanol–water partition coefficient (Wildman–Crippen LogP) is 1.66. The Morgan fingerprint density at radius 2 is 2.29 bits per heavy atom. The molecule has 0 saturated carbocycles. The highest BCUT2D eigenvalue weighted by Gasteiger charge is 2.13. The summed E-state index contributed by atoms with van der Waals surface area (Å²) in [6.45, 7) is 0.635. The predicted molar refractivity (Wildman–Crippen MR) is 67.3 cm³/mol. The van der Waals surface area contributed by atoms with E-state index >= 15 is 0 Å². The Balaban J connectivity index is 2.86. The number of rotatable bonds is 5. The second-order valence-corrected chi connectivity index (χ2v) is 4.14. The minimum absolute atomic E-state index is 0.257. The Morgan fingerprint density at radius 1 is 1.59 bits per heavy atom. The Morgan fingerprint density at radius 3 is 2.88 bits per heavy atom. The maximum Gasteiger partial charge on any atom is 0.103 e. The molecule has 0 fully saturated rings. The van der Waals surface area contributed by atoms with E-state index < -0.39 is 6.10 Å². The van der Waals surface area contributed by atoms with Crippen molar-refractivity contribution in [3.05, 3.63) is 28.8 Å². The summed E-state index contributed by atoms with van der Waals surface area (Å²) in [5, 5.41) is 19.1. The number of nitriles is 1. The average molecular weight is 255 g/mol. The highest BCUT2D eigenvalue weighted by atomic mass is 35.5. The van der Waals surface area contributed by atoms with E-state index in [-0.39, 0.29) is 6.61 Å². The molecule has 1 rings (SSSR count). The molecule has 0 aliphatic rings. The number of nitrogens with zero attached hydrogens (tertiary/aromatic N) is 2. The van der Waals surface area contributed by atoms with Gasteiger partial charge in [0.2, 0.25) is 0 Å². The van der Waals surface area contributed by atoms with Crippen LogP contribution in [-0.4, -0.2) is 38.5 Å². The lowest BCUT2D eigenvalue weighted by atomic mass is 10.1. The number of anilines is 1. The molecule has 1 unspecified atom stereocenters. The van der Waals surface area contributed by atoms with Crippen molar-refractivity contribution in [2.45, 2.75) is 6.10 Å². The van der Waals surface area contributed by atoms with Gasteiger partial charge in [0, 0.05) is 20.7 Å². The molecular weight excluding hydrogens is 240 g/mol. The summed E-state index contributed by atoms with van der Waals surface area (Å²) < 4.78 is 4.85. The van der Waals surface area contributed by atoms with E-state index in [0.717, 1.165) is 0 Å². The lowest BCUT2D eigenvalue weighted by Crippen LogP contribution is -2.32. The molecular formula is C12H15ClN2O2. The zero-order valence-corrected chi connectivity index (χ0v) is 10.6. The summed E-state index contributed by atoms with van der Waals surface area (Å²) in [5.74, 6) is 0. The summed E-state index contributed by atoms with van der Waals surface area (Å²) in [5.41, 5.74) is 1.12. The zero-order valence-electron chi connectivity index (χ0n) is 9.85. The van der Waals surface area contributed by atoms with Crippen LogP contribution in [0.3, 0.4) is 0 Å². The molecule has 92 valence electrons. The van der Waals surface area contributed by atoms with Crippen LogP contribution in [0.2, 0.25) is 5.02 Å². The molecule has 0 saturated heterocycles. The maximum atomic E-state index is 9.63. The van der Waals surface area contributed by atoms with E-state index in [1.165, 1.54) is 7.11 Å². The van der Waals surface area contributed by atoms with E-state index in [1.54, 1.807) is 30.1 Å². The first-order chi connectivity index (χ1) is 8.10. The molecule has 1 atom stereocenters. The molecule has 1 aromatic rings. The standard InChI is InChI=1S/C12H15ClN2O2/c1-15(7-9(16)8-17-2)12-5-3-4-11(13)10(12)6-14/h3-5,9,16H,7-8H2,1-2H3. The van der Waals surface area contributed by atoms with Gasteiger partial charge in [-0.05, 0) is 12.1 Å². The van der Waals surface area contributed by atoms with Crippen LogP contribution in [0.1, 0.15) is 5.56 Å². The fourth-order valence-corrected chi connectivity index (χ4v) is 1.81. The smallest absolute Gasteiger partial charge is 0.103 e. The van der Waals surface area contributed by atoms with Gasteiger partial charge in [0.25, 0.3) is 0 Å². The third-order valence-corrected chi connectivity index (χ3v) is 2.67. The van der Waals surface area contributed by atoms with Gasteiger partial charge in [-0.2, -0.15) is 5.26 Å². The highest BCUT2D eigenvalue weighted by Crippen LogP contribution is 2.25. The van der Waals surface area contributed by atoms with E-state index in [1.807, 2.05) is 0 Å². The number of benzene rings is 1. The third-order valence-electron chi connectivity index (χ3n) is 2.36. The number of hydrogen-bond acceptors (Lipinski definition) is 4. The molecule has 1 aromatic carbocycles. The second-order valence-electron chi connectivity index (χ2n) is 3.74. The molecule has 5 heteroatoms. The van der Waals surface area contributed by atoms with Crippen molar-refractivity contribution in [2.24, 2.45) is 0 Å². The van der Waals surface area contributed by atoms with Crippen LogP contribution in [-0.2, 0) is 4.74 Å². The summed E-state index contributed by atoms with van der Waals surface area (Å²) in [4.78, 5) is 1.79. The molecule has 0 aliphatic carbocycles. The van der Waals surface area contributed by atoms with Crippen LogP contribution in [0.5, 0.6) is 0 Å². The summed E-state index contributed by atoms with van der Waals surface area (Å²) in [6, 6.07) is 7.30. The second kappa shape index (κ2) is 6.45. The largest absolute Gasteiger partial charge is 0.389 e. The van der Waals surface area contributed by atoms with E-state index in [9.17, 15) is 5.11 Å². The van der Waals surface area contributed by atoms with Gasteiger partial charge < -0.3 is 14.7 Å². The quantitative estimate of drug-likeness (QED) is 0.868. The van der Waals surface area contributed by atoms with Crippen LogP contribution in [0.4, 0.5) is 5.69 Å². The van der Waals surface area contributed by atoms with E-state index in [0.29, 0.717) is 22.8 Å². The number of likely N-dealkylation sites (N-methyl/N-ethyl adjacent to an activating group) is 1. The van der Waals surface area contributed by atoms with Gasteiger partial charge in [-0.3, -0.25) is 0 Å². The first-order valence-corrected chi connectivity index (χ1v) is 5.54. The fraction of sp³-hybridized carbons (Fsp3) is 0.417. The van der Waals surface area contributed by atoms with E-state index in [2.05, 4.69) is 6.07 Å². The number of hydrogen-bond donors (Lipinski definition) is 1. The molecule has 4 nitrogen and oxygen atoms in total. The molecule has 0 bridgehead atoms. The van der Waals surface area contributed by atoms with Crippen molar-refractivity contribution < 1.29 is 9.84 Å². The first-order valence-electron chi connectivity index (χ1n) is 5.17.